The van der Waals surface area contributed by atoms with Crippen molar-refractivity contribution in [3.63, 3.8) is 0 Å². The molecule has 0 aliphatic rings. The van der Waals surface area contributed by atoms with Gasteiger partial charge in [0.1, 0.15) is 11.1 Å². The summed E-state index contributed by atoms with van der Waals surface area (Å²) in [5.74, 6) is -1.67. The Balaban J connectivity index is 1.83. The number of rotatable bonds is 6. The standard InChI is InChI=1S/C27H19N3O3S/c1-16(31)19-12-13-20(21(14-19)25(29)32)26(33)30-27-22(15-28)23(17-8-4-2-5-9-17)24(34-27)18-10-6-3-7-11-18/h2-14H,1H3,(H2,29,32)(H,30,33). The van der Waals surface area contributed by atoms with Crippen LogP contribution in [0.5, 0.6) is 0 Å². The largest absolute Gasteiger partial charge is 0.366 e. The van der Waals surface area contributed by atoms with Gasteiger partial charge in [-0.1, -0.05) is 66.7 Å². The van der Waals surface area contributed by atoms with Crippen LogP contribution in [0.15, 0.2) is 78.9 Å². The fourth-order valence-corrected chi connectivity index (χ4v) is 4.81. The smallest absolute Gasteiger partial charge is 0.257 e. The summed E-state index contributed by atoms with van der Waals surface area (Å²) >= 11 is 1.28. The number of amides is 2. The third kappa shape index (κ3) is 4.35. The van der Waals surface area contributed by atoms with Gasteiger partial charge in [0.05, 0.1) is 16.7 Å². The molecule has 34 heavy (non-hydrogen) atoms. The van der Waals surface area contributed by atoms with E-state index in [-0.39, 0.29) is 22.5 Å². The van der Waals surface area contributed by atoms with E-state index in [9.17, 15) is 19.6 Å². The molecule has 7 heteroatoms. The summed E-state index contributed by atoms with van der Waals surface area (Å²) in [7, 11) is 0. The zero-order chi connectivity index (χ0) is 24.2. The molecular weight excluding hydrogens is 446 g/mol. The molecular formula is C27H19N3O3S. The summed E-state index contributed by atoms with van der Waals surface area (Å²) in [6.07, 6.45) is 0. The van der Waals surface area contributed by atoms with Crippen LogP contribution in [0.1, 0.15) is 43.6 Å². The highest BCUT2D eigenvalue weighted by atomic mass is 32.1. The molecule has 0 aliphatic carbocycles. The van der Waals surface area contributed by atoms with Gasteiger partial charge < -0.3 is 11.1 Å². The van der Waals surface area contributed by atoms with E-state index < -0.39 is 11.8 Å². The molecule has 166 valence electrons. The van der Waals surface area contributed by atoms with E-state index >= 15 is 0 Å². The van der Waals surface area contributed by atoms with Crippen LogP contribution in [0, 0.1) is 11.3 Å². The van der Waals surface area contributed by atoms with E-state index in [1.54, 1.807) is 0 Å². The molecule has 0 fully saturated rings. The number of nitrogens with zero attached hydrogens (tertiary/aromatic N) is 1. The third-order valence-electron chi connectivity index (χ3n) is 5.28. The zero-order valence-corrected chi connectivity index (χ0v) is 19.0. The molecule has 0 unspecified atom stereocenters. The predicted octanol–water partition coefficient (Wildman–Crippen LogP) is 5.51. The second-order valence-electron chi connectivity index (χ2n) is 7.49. The maximum Gasteiger partial charge on any atom is 0.257 e. The van der Waals surface area contributed by atoms with Crippen molar-refractivity contribution in [3.05, 3.63) is 101 Å². The van der Waals surface area contributed by atoms with Gasteiger partial charge in [0.25, 0.3) is 5.91 Å². The number of anilines is 1. The first kappa shape index (κ1) is 22.6. The number of hydrogen-bond donors (Lipinski definition) is 2. The van der Waals surface area contributed by atoms with E-state index in [1.165, 1.54) is 36.5 Å². The van der Waals surface area contributed by atoms with Crippen LogP contribution in [0.4, 0.5) is 5.00 Å². The van der Waals surface area contributed by atoms with Gasteiger partial charge >= 0.3 is 0 Å². The lowest BCUT2D eigenvalue weighted by Gasteiger charge is -2.09. The van der Waals surface area contributed by atoms with E-state index in [4.69, 9.17) is 5.73 Å². The SMILES string of the molecule is CC(=O)c1ccc(C(=O)Nc2sc(-c3ccccc3)c(-c3ccccc3)c2C#N)c(C(N)=O)c1. The normalized spacial score (nSPS) is 10.4. The Morgan fingerprint density at radius 3 is 2.06 bits per heavy atom. The number of ketones is 1. The van der Waals surface area contributed by atoms with Crippen LogP contribution in [0.2, 0.25) is 0 Å². The highest BCUT2D eigenvalue weighted by molar-refractivity contribution is 7.20. The molecule has 0 spiro atoms. The molecule has 0 atom stereocenters. The fraction of sp³-hybridized carbons (Fsp3) is 0.0370. The maximum atomic E-state index is 13.2. The third-order valence-corrected chi connectivity index (χ3v) is 6.44. The summed E-state index contributed by atoms with van der Waals surface area (Å²) in [5, 5.41) is 13.2. The van der Waals surface area contributed by atoms with E-state index in [1.807, 2.05) is 60.7 Å². The number of hydrogen-bond acceptors (Lipinski definition) is 5. The van der Waals surface area contributed by atoms with Crippen LogP contribution >= 0.6 is 11.3 Å². The second kappa shape index (κ2) is 9.53. The van der Waals surface area contributed by atoms with Gasteiger partial charge in [-0.25, -0.2) is 0 Å². The Labute approximate surface area is 200 Å². The Morgan fingerprint density at radius 1 is 0.882 bits per heavy atom. The van der Waals surface area contributed by atoms with Crippen molar-refractivity contribution >= 4 is 33.9 Å². The number of carbonyl (C=O) groups excluding carboxylic acids is 3. The topological polar surface area (TPSA) is 113 Å². The Morgan fingerprint density at radius 2 is 1.50 bits per heavy atom. The average molecular weight is 466 g/mol. The lowest BCUT2D eigenvalue weighted by Crippen LogP contribution is -2.21. The van der Waals surface area contributed by atoms with Gasteiger partial charge in [-0.15, -0.1) is 11.3 Å². The highest BCUT2D eigenvalue weighted by Crippen LogP contribution is 2.45. The molecule has 0 bridgehead atoms. The number of nitriles is 1. The molecule has 0 saturated carbocycles. The molecule has 3 N–H and O–H groups in total. The van der Waals surface area contributed by atoms with Crippen molar-refractivity contribution in [2.75, 3.05) is 5.32 Å². The molecule has 1 heterocycles. The minimum absolute atomic E-state index is 0.0253. The number of nitrogens with one attached hydrogen (secondary N) is 1. The minimum atomic E-state index is -0.824. The van der Waals surface area contributed by atoms with E-state index in [0.717, 1.165) is 21.6 Å². The number of benzene rings is 3. The fourth-order valence-electron chi connectivity index (χ4n) is 3.63. The molecule has 6 nitrogen and oxygen atoms in total. The number of primary amides is 1. The van der Waals surface area contributed by atoms with E-state index in [0.29, 0.717) is 10.6 Å². The number of thiophene rings is 1. The van der Waals surface area contributed by atoms with Crippen molar-refractivity contribution < 1.29 is 14.4 Å². The van der Waals surface area contributed by atoms with Crippen molar-refractivity contribution in [2.45, 2.75) is 6.92 Å². The maximum absolute atomic E-state index is 13.2. The van der Waals surface area contributed by atoms with Gasteiger partial charge in [-0.2, -0.15) is 5.26 Å². The predicted molar refractivity (Wildman–Crippen MR) is 133 cm³/mol. The molecule has 2 amide bonds. The number of Topliss-reactive ketones (excluding diaryl/α,β-unsaturated/α-hetero) is 1. The summed E-state index contributed by atoms with van der Waals surface area (Å²) in [4.78, 5) is 37.7. The quantitative estimate of drug-likeness (QED) is 0.366. The van der Waals surface area contributed by atoms with Crippen LogP contribution < -0.4 is 11.1 Å². The van der Waals surface area contributed by atoms with Crippen molar-refractivity contribution in [1.29, 1.82) is 5.26 Å². The van der Waals surface area contributed by atoms with Gasteiger partial charge in [0, 0.05) is 16.0 Å². The first-order chi connectivity index (χ1) is 16.4. The van der Waals surface area contributed by atoms with Gasteiger partial charge in [-0.3, -0.25) is 14.4 Å². The first-order valence-electron chi connectivity index (χ1n) is 10.3. The van der Waals surface area contributed by atoms with Crippen molar-refractivity contribution in [1.82, 2.24) is 0 Å². The first-order valence-corrected chi connectivity index (χ1v) is 11.2. The van der Waals surface area contributed by atoms with E-state index in [2.05, 4.69) is 11.4 Å². The number of carbonyl (C=O) groups is 3. The lowest BCUT2D eigenvalue weighted by molar-refractivity contribution is 0.0976. The Bertz CT molecular complexity index is 1450. The summed E-state index contributed by atoms with van der Waals surface area (Å²) in [5.41, 5.74) is 8.51. The molecule has 3 aromatic carbocycles. The molecule has 1 aromatic heterocycles. The van der Waals surface area contributed by atoms with Gasteiger partial charge in [0.15, 0.2) is 5.78 Å². The molecule has 0 aliphatic heterocycles. The van der Waals surface area contributed by atoms with Crippen LogP contribution in [0.3, 0.4) is 0 Å². The Hall–Kier alpha value is -4.54. The van der Waals surface area contributed by atoms with Gasteiger partial charge in [0.2, 0.25) is 5.91 Å². The lowest BCUT2D eigenvalue weighted by atomic mass is 9.98. The highest BCUT2D eigenvalue weighted by Gasteiger charge is 2.24. The van der Waals surface area contributed by atoms with Crippen LogP contribution in [-0.2, 0) is 0 Å². The minimum Gasteiger partial charge on any atom is -0.366 e. The molecule has 0 radical (unpaired) electrons. The van der Waals surface area contributed by atoms with Crippen molar-refractivity contribution in [3.8, 4) is 27.6 Å². The van der Waals surface area contributed by atoms with Crippen LogP contribution in [-0.4, -0.2) is 17.6 Å². The summed E-state index contributed by atoms with van der Waals surface area (Å²) < 4.78 is 0. The summed E-state index contributed by atoms with van der Waals surface area (Å²) in [6, 6.07) is 25.5. The molecule has 0 saturated heterocycles. The molecule has 4 aromatic rings. The Kier molecular flexibility index (Phi) is 6.35. The summed E-state index contributed by atoms with van der Waals surface area (Å²) in [6.45, 7) is 1.36. The average Bonchev–Trinajstić information content (AvgIpc) is 3.22. The van der Waals surface area contributed by atoms with Crippen LogP contribution in [0.25, 0.3) is 21.6 Å². The monoisotopic (exact) mass is 465 g/mol. The molecule has 4 rings (SSSR count). The number of nitrogens with two attached hydrogens (primary N) is 1. The zero-order valence-electron chi connectivity index (χ0n) is 18.2. The second-order valence-corrected chi connectivity index (χ2v) is 8.51. The van der Waals surface area contributed by atoms with Gasteiger partial charge in [-0.05, 0) is 30.2 Å². The van der Waals surface area contributed by atoms with Crippen molar-refractivity contribution in [2.24, 2.45) is 5.73 Å².